The summed E-state index contributed by atoms with van der Waals surface area (Å²) in [7, 11) is 3.00. The van der Waals surface area contributed by atoms with Gasteiger partial charge in [-0.3, -0.25) is 9.69 Å². The number of carbonyl (C=O) groups is 1. The number of nitrogens with zero attached hydrogens (tertiary/aromatic N) is 4. The number of aryl methyl sites for hydroxylation is 1. The van der Waals surface area contributed by atoms with Gasteiger partial charge >= 0.3 is 0 Å². The number of carbonyl (C=O) groups excluding carboxylic acids is 1. The lowest BCUT2D eigenvalue weighted by atomic mass is 10.0. The highest BCUT2D eigenvalue weighted by molar-refractivity contribution is 5.77. The summed E-state index contributed by atoms with van der Waals surface area (Å²) < 4.78 is 51.5. The molecule has 0 unspecified atom stereocenters. The van der Waals surface area contributed by atoms with E-state index in [1.165, 1.54) is 12.0 Å². The van der Waals surface area contributed by atoms with Crippen LogP contribution >= 0.6 is 0 Å². The summed E-state index contributed by atoms with van der Waals surface area (Å²) in [6, 6.07) is 8.46. The number of aromatic nitrogens is 2. The van der Waals surface area contributed by atoms with E-state index in [1.54, 1.807) is 13.3 Å². The largest absolute Gasteiger partial charge is 0.493 e. The molecule has 3 aromatic rings. The van der Waals surface area contributed by atoms with Crippen molar-refractivity contribution in [2.75, 3.05) is 60.2 Å². The van der Waals surface area contributed by atoms with Crippen molar-refractivity contribution in [1.82, 2.24) is 19.4 Å². The SMILES string of the molecule is COCC(=O)N1CCN(Cc2ccc(OC)c(OCCn3ccnc3C)c2)C[C@](O)(COc2cc(F)cc(F)c2)C1. The van der Waals surface area contributed by atoms with Gasteiger partial charge in [-0.1, -0.05) is 6.07 Å². The molecule has 0 radical (unpaired) electrons. The number of benzene rings is 2. The Morgan fingerprint density at radius 1 is 1.05 bits per heavy atom. The number of hydrogen-bond donors (Lipinski definition) is 1. The van der Waals surface area contributed by atoms with E-state index in [1.807, 2.05) is 40.8 Å². The van der Waals surface area contributed by atoms with Gasteiger partial charge < -0.3 is 33.5 Å². The van der Waals surface area contributed by atoms with Crippen LogP contribution in [-0.4, -0.2) is 96.2 Å². The van der Waals surface area contributed by atoms with E-state index in [0.29, 0.717) is 44.3 Å². The summed E-state index contributed by atoms with van der Waals surface area (Å²) >= 11 is 0. The molecule has 12 heteroatoms. The Kier molecular flexibility index (Phi) is 10.1. The third-order valence-electron chi connectivity index (χ3n) is 6.80. The average molecular weight is 575 g/mol. The summed E-state index contributed by atoms with van der Waals surface area (Å²) in [5, 5.41) is 11.6. The Morgan fingerprint density at radius 2 is 1.83 bits per heavy atom. The van der Waals surface area contributed by atoms with E-state index in [2.05, 4.69) is 4.98 Å². The first kappa shape index (κ1) is 30.2. The van der Waals surface area contributed by atoms with Gasteiger partial charge in [-0.15, -0.1) is 0 Å². The Balaban J connectivity index is 1.48. The normalized spacial score (nSPS) is 17.8. The van der Waals surface area contributed by atoms with Crippen molar-refractivity contribution < 1.29 is 37.6 Å². The predicted octanol–water partition coefficient (Wildman–Crippen LogP) is 2.66. The fraction of sp³-hybridized carbons (Fsp3) is 0.448. The Labute approximate surface area is 238 Å². The molecule has 10 nitrogen and oxygen atoms in total. The highest BCUT2D eigenvalue weighted by Gasteiger charge is 2.37. The number of amides is 1. The molecule has 222 valence electrons. The van der Waals surface area contributed by atoms with Gasteiger partial charge in [0.05, 0.1) is 20.2 Å². The molecule has 0 saturated carbocycles. The quantitative estimate of drug-likeness (QED) is 0.353. The van der Waals surface area contributed by atoms with E-state index in [0.717, 1.165) is 29.6 Å². The summed E-state index contributed by atoms with van der Waals surface area (Å²) in [5.74, 6) is 0.166. The highest BCUT2D eigenvalue weighted by Crippen LogP contribution is 2.29. The fourth-order valence-corrected chi connectivity index (χ4v) is 4.81. The molecule has 41 heavy (non-hydrogen) atoms. The van der Waals surface area contributed by atoms with Crippen molar-refractivity contribution in [3.63, 3.8) is 0 Å². The van der Waals surface area contributed by atoms with Crippen molar-refractivity contribution in [3.8, 4) is 17.2 Å². The van der Waals surface area contributed by atoms with E-state index in [4.69, 9.17) is 18.9 Å². The van der Waals surface area contributed by atoms with Gasteiger partial charge in [0.15, 0.2) is 11.5 Å². The second-order valence-corrected chi connectivity index (χ2v) is 10.1. The van der Waals surface area contributed by atoms with Gasteiger partial charge in [0.2, 0.25) is 5.91 Å². The molecule has 0 bridgehead atoms. The van der Waals surface area contributed by atoms with Gasteiger partial charge in [0.25, 0.3) is 0 Å². The van der Waals surface area contributed by atoms with Crippen molar-refractivity contribution in [2.24, 2.45) is 0 Å². The van der Waals surface area contributed by atoms with Gasteiger partial charge in [0, 0.05) is 63.9 Å². The van der Waals surface area contributed by atoms with E-state index in [-0.39, 0.29) is 38.0 Å². The van der Waals surface area contributed by atoms with Crippen LogP contribution < -0.4 is 14.2 Å². The molecule has 1 amide bonds. The van der Waals surface area contributed by atoms with Gasteiger partial charge in [-0.2, -0.15) is 0 Å². The Morgan fingerprint density at radius 3 is 2.51 bits per heavy atom. The van der Waals surface area contributed by atoms with Crippen molar-refractivity contribution in [1.29, 1.82) is 0 Å². The van der Waals surface area contributed by atoms with Gasteiger partial charge in [-0.05, 0) is 24.6 Å². The van der Waals surface area contributed by atoms with Crippen LogP contribution in [0, 0.1) is 18.6 Å². The third kappa shape index (κ3) is 8.38. The average Bonchev–Trinajstić information content (AvgIpc) is 3.25. The molecule has 1 atom stereocenters. The van der Waals surface area contributed by atoms with E-state index < -0.39 is 17.2 Å². The van der Waals surface area contributed by atoms with Crippen LogP contribution in [0.25, 0.3) is 0 Å². The highest BCUT2D eigenvalue weighted by atomic mass is 19.1. The van der Waals surface area contributed by atoms with Gasteiger partial charge in [-0.25, -0.2) is 13.8 Å². The van der Waals surface area contributed by atoms with Crippen LogP contribution in [0.15, 0.2) is 48.8 Å². The minimum Gasteiger partial charge on any atom is -0.493 e. The first-order valence-electron chi connectivity index (χ1n) is 13.3. The summed E-state index contributed by atoms with van der Waals surface area (Å²) in [4.78, 5) is 20.4. The minimum absolute atomic E-state index is 0.0336. The van der Waals surface area contributed by atoms with Crippen LogP contribution in [0.5, 0.6) is 17.2 Å². The molecule has 1 fully saturated rings. The standard InChI is InChI=1S/C29H36F2N4O6/c1-21-32-6-7-34(21)10-11-40-27-12-22(4-5-26(27)39-3)16-33-8-9-35(28(36)17-38-2)19-29(37,18-33)20-41-25-14-23(30)13-24(31)15-25/h4-7,12-15,37H,8-11,16-20H2,1-3H3/t29-/m1/s1. The zero-order valence-electron chi connectivity index (χ0n) is 23.5. The molecule has 1 saturated heterocycles. The van der Waals surface area contributed by atoms with Crippen molar-refractivity contribution >= 4 is 5.91 Å². The number of rotatable bonds is 12. The first-order valence-corrected chi connectivity index (χ1v) is 13.3. The molecule has 1 aliphatic heterocycles. The third-order valence-corrected chi connectivity index (χ3v) is 6.80. The maximum absolute atomic E-state index is 13.7. The van der Waals surface area contributed by atoms with Crippen LogP contribution in [0.1, 0.15) is 11.4 Å². The number of aliphatic hydroxyl groups is 1. The molecule has 1 aliphatic rings. The summed E-state index contributed by atoms with van der Waals surface area (Å²) in [6.45, 7) is 3.90. The predicted molar refractivity (Wildman–Crippen MR) is 146 cm³/mol. The molecule has 4 rings (SSSR count). The van der Waals surface area contributed by atoms with Crippen LogP contribution in [0.3, 0.4) is 0 Å². The number of β-amino-alcohol motifs (C(OH)–C–C–N with tert-alkyl or cyclic N) is 1. The second-order valence-electron chi connectivity index (χ2n) is 10.1. The van der Waals surface area contributed by atoms with Crippen LogP contribution in [0.2, 0.25) is 0 Å². The number of halogens is 2. The molecule has 1 N–H and O–H groups in total. The minimum atomic E-state index is -1.53. The zero-order valence-corrected chi connectivity index (χ0v) is 23.5. The summed E-state index contributed by atoms with van der Waals surface area (Å²) in [6.07, 6.45) is 3.63. The topological polar surface area (TPSA) is 98.5 Å². The maximum Gasteiger partial charge on any atom is 0.248 e. The molecular weight excluding hydrogens is 538 g/mol. The lowest BCUT2D eigenvalue weighted by Gasteiger charge is -2.33. The molecular formula is C29H36F2N4O6. The van der Waals surface area contributed by atoms with Crippen molar-refractivity contribution in [2.45, 2.75) is 25.6 Å². The lowest BCUT2D eigenvalue weighted by molar-refractivity contribution is -0.138. The number of ether oxygens (including phenoxy) is 4. The maximum atomic E-state index is 13.7. The van der Waals surface area contributed by atoms with Gasteiger partial charge in [0.1, 0.15) is 48.6 Å². The number of hydrogen-bond acceptors (Lipinski definition) is 8. The van der Waals surface area contributed by atoms with Crippen LogP contribution in [-0.2, 0) is 22.6 Å². The molecule has 0 spiro atoms. The van der Waals surface area contributed by atoms with Crippen LogP contribution in [0.4, 0.5) is 8.78 Å². The summed E-state index contributed by atoms with van der Waals surface area (Å²) in [5.41, 5.74) is -0.622. The molecule has 2 heterocycles. The lowest BCUT2D eigenvalue weighted by Crippen LogP contribution is -2.52. The second kappa shape index (κ2) is 13.7. The van der Waals surface area contributed by atoms with E-state index in [9.17, 15) is 18.7 Å². The molecule has 1 aromatic heterocycles. The Hall–Kier alpha value is -3.74. The monoisotopic (exact) mass is 574 g/mol. The van der Waals surface area contributed by atoms with E-state index >= 15 is 0 Å². The molecule has 2 aromatic carbocycles. The first-order chi connectivity index (χ1) is 19.7. The van der Waals surface area contributed by atoms with Crippen molar-refractivity contribution in [3.05, 3.63) is 71.8 Å². The smallest absolute Gasteiger partial charge is 0.248 e. The zero-order chi connectivity index (χ0) is 29.4. The fourth-order valence-electron chi connectivity index (χ4n) is 4.81. The Bertz CT molecular complexity index is 1300. The number of methoxy groups -OCH3 is 2. The number of imidazole rings is 1. The molecule has 0 aliphatic carbocycles.